The molecule has 0 amide bonds. The molecule has 3 rings (SSSR count). The van der Waals surface area contributed by atoms with Crippen molar-refractivity contribution in [3.8, 4) is 5.75 Å². The van der Waals surface area contributed by atoms with Crippen LogP contribution < -0.4 is 10.5 Å². The summed E-state index contributed by atoms with van der Waals surface area (Å²) in [5.41, 5.74) is 7.21. The number of rotatable bonds is 3. The SMILES string of the molecule is NCC(c1ccc(Cl)s1)N1CCOc2ccccc2C1. The second-order valence-electron chi connectivity index (χ2n) is 4.82. The summed E-state index contributed by atoms with van der Waals surface area (Å²) in [6.07, 6.45) is 0. The van der Waals surface area contributed by atoms with Crippen LogP contribution in [0.5, 0.6) is 5.75 Å². The number of hydrogen-bond donors (Lipinski definition) is 1. The molecule has 3 nitrogen and oxygen atoms in total. The molecule has 2 aromatic rings. The van der Waals surface area contributed by atoms with Gasteiger partial charge in [-0.05, 0) is 18.2 Å². The van der Waals surface area contributed by atoms with Crippen LogP contribution in [0.25, 0.3) is 0 Å². The highest BCUT2D eigenvalue weighted by Gasteiger charge is 2.24. The third kappa shape index (κ3) is 2.83. The quantitative estimate of drug-likeness (QED) is 0.945. The van der Waals surface area contributed by atoms with Crippen LogP contribution in [0.1, 0.15) is 16.5 Å². The van der Waals surface area contributed by atoms with Crippen LogP contribution in [0, 0.1) is 0 Å². The minimum Gasteiger partial charge on any atom is -0.492 e. The largest absolute Gasteiger partial charge is 0.492 e. The Hall–Kier alpha value is -1.07. The standard InChI is InChI=1S/C15H17ClN2OS/c16-15-6-5-14(20-15)12(9-17)18-7-8-19-13-4-2-1-3-11(13)10-18/h1-6,12H,7-10,17H2. The number of fused-ring (bicyclic) bond motifs is 1. The Labute approximate surface area is 127 Å². The number of halogens is 1. The molecule has 0 aliphatic carbocycles. The van der Waals surface area contributed by atoms with Crippen LogP contribution in [0.4, 0.5) is 0 Å². The Bertz CT molecular complexity index is 587. The second-order valence-corrected chi connectivity index (χ2v) is 6.57. The lowest BCUT2D eigenvalue weighted by Crippen LogP contribution is -2.34. The summed E-state index contributed by atoms with van der Waals surface area (Å²) in [6.45, 7) is 2.99. The minimum atomic E-state index is 0.197. The Balaban J connectivity index is 1.86. The van der Waals surface area contributed by atoms with Gasteiger partial charge in [-0.25, -0.2) is 0 Å². The van der Waals surface area contributed by atoms with Gasteiger partial charge in [0.2, 0.25) is 0 Å². The Morgan fingerprint density at radius 2 is 2.15 bits per heavy atom. The van der Waals surface area contributed by atoms with E-state index in [1.807, 2.05) is 24.3 Å². The predicted molar refractivity (Wildman–Crippen MR) is 83.5 cm³/mol. The Morgan fingerprint density at radius 3 is 2.90 bits per heavy atom. The summed E-state index contributed by atoms with van der Waals surface area (Å²) < 4.78 is 6.62. The third-order valence-electron chi connectivity index (χ3n) is 3.57. The maximum atomic E-state index is 6.05. The zero-order valence-electron chi connectivity index (χ0n) is 11.1. The van der Waals surface area contributed by atoms with Crippen molar-refractivity contribution in [3.63, 3.8) is 0 Å². The van der Waals surface area contributed by atoms with Gasteiger partial charge in [-0.15, -0.1) is 11.3 Å². The molecule has 2 heterocycles. The van der Waals surface area contributed by atoms with E-state index in [-0.39, 0.29) is 6.04 Å². The summed E-state index contributed by atoms with van der Waals surface area (Å²) in [4.78, 5) is 3.59. The minimum absolute atomic E-state index is 0.197. The van der Waals surface area contributed by atoms with Gasteiger partial charge in [0.05, 0.1) is 10.4 Å². The molecule has 0 saturated heterocycles. The average Bonchev–Trinajstić information content (AvgIpc) is 2.76. The van der Waals surface area contributed by atoms with Crippen LogP contribution >= 0.6 is 22.9 Å². The van der Waals surface area contributed by atoms with E-state index in [2.05, 4.69) is 17.0 Å². The van der Waals surface area contributed by atoms with Crippen LogP contribution in [-0.4, -0.2) is 24.6 Å². The van der Waals surface area contributed by atoms with Crippen LogP contribution in [-0.2, 0) is 6.54 Å². The van der Waals surface area contributed by atoms with Crippen molar-refractivity contribution in [2.24, 2.45) is 5.73 Å². The lowest BCUT2D eigenvalue weighted by atomic mass is 10.1. The van der Waals surface area contributed by atoms with E-state index in [0.29, 0.717) is 13.2 Å². The Kier molecular flexibility index (Phi) is 4.27. The van der Waals surface area contributed by atoms with Crippen LogP contribution in [0.2, 0.25) is 4.34 Å². The van der Waals surface area contributed by atoms with E-state index < -0.39 is 0 Å². The number of benzene rings is 1. The molecular weight excluding hydrogens is 292 g/mol. The topological polar surface area (TPSA) is 38.5 Å². The second kappa shape index (κ2) is 6.14. The van der Waals surface area contributed by atoms with Crippen molar-refractivity contribution in [3.05, 3.63) is 51.2 Å². The first-order valence-corrected chi connectivity index (χ1v) is 7.87. The summed E-state index contributed by atoms with van der Waals surface area (Å²) in [5, 5.41) is 0. The van der Waals surface area contributed by atoms with Crippen LogP contribution in [0.3, 0.4) is 0 Å². The van der Waals surface area contributed by atoms with Gasteiger partial charge >= 0.3 is 0 Å². The first-order valence-electron chi connectivity index (χ1n) is 6.68. The number of nitrogens with zero attached hydrogens (tertiary/aromatic N) is 1. The van der Waals surface area contributed by atoms with E-state index in [1.54, 1.807) is 11.3 Å². The van der Waals surface area contributed by atoms with Gasteiger partial charge in [0, 0.05) is 30.1 Å². The molecule has 1 aromatic heterocycles. The summed E-state index contributed by atoms with van der Waals surface area (Å²) in [7, 11) is 0. The first kappa shape index (κ1) is 13.9. The molecule has 0 saturated carbocycles. The van der Waals surface area contributed by atoms with E-state index >= 15 is 0 Å². The van der Waals surface area contributed by atoms with Crippen molar-refractivity contribution in [2.75, 3.05) is 19.7 Å². The normalized spacial score (nSPS) is 17.1. The average molecular weight is 309 g/mol. The Morgan fingerprint density at radius 1 is 1.30 bits per heavy atom. The number of nitrogens with two attached hydrogens (primary N) is 1. The zero-order chi connectivity index (χ0) is 13.9. The molecule has 106 valence electrons. The lowest BCUT2D eigenvalue weighted by Gasteiger charge is -2.28. The summed E-state index contributed by atoms with van der Waals surface area (Å²) in [5.74, 6) is 0.981. The highest BCUT2D eigenvalue weighted by atomic mass is 35.5. The highest BCUT2D eigenvalue weighted by Crippen LogP contribution is 2.33. The molecule has 1 aliphatic rings. The van der Waals surface area contributed by atoms with Crippen molar-refractivity contribution in [2.45, 2.75) is 12.6 Å². The molecule has 0 radical (unpaired) electrons. The maximum absolute atomic E-state index is 6.05. The van der Waals surface area contributed by atoms with Gasteiger partial charge in [0.15, 0.2) is 0 Å². The van der Waals surface area contributed by atoms with Gasteiger partial charge in [-0.3, -0.25) is 4.90 Å². The molecule has 5 heteroatoms. The molecule has 1 atom stereocenters. The number of ether oxygens (including phenoxy) is 1. The van der Waals surface area contributed by atoms with E-state index in [4.69, 9.17) is 22.1 Å². The van der Waals surface area contributed by atoms with E-state index in [0.717, 1.165) is 23.2 Å². The van der Waals surface area contributed by atoms with Gasteiger partial charge in [0.25, 0.3) is 0 Å². The maximum Gasteiger partial charge on any atom is 0.123 e. The fourth-order valence-electron chi connectivity index (χ4n) is 2.56. The van der Waals surface area contributed by atoms with Gasteiger partial charge in [-0.1, -0.05) is 29.8 Å². The van der Waals surface area contributed by atoms with Crippen molar-refractivity contribution in [1.82, 2.24) is 4.90 Å². The van der Waals surface area contributed by atoms with Crippen molar-refractivity contribution in [1.29, 1.82) is 0 Å². The van der Waals surface area contributed by atoms with Gasteiger partial charge in [-0.2, -0.15) is 0 Å². The number of para-hydroxylation sites is 1. The third-order valence-corrected chi connectivity index (χ3v) is 4.90. The van der Waals surface area contributed by atoms with Gasteiger partial charge in [0.1, 0.15) is 12.4 Å². The molecule has 20 heavy (non-hydrogen) atoms. The van der Waals surface area contributed by atoms with Gasteiger partial charge < -0.3 is 10.5 Å². The number of hydrogen-bond acceptors (Lipinski definition) is 4. The monoisotopic (exact) mass is 308 g/mol. The molecule has 1 aliphatic heterocycles. The fraction of sp³-hybridized carbons (Fsp3) is 0.333. The molecule has 1 aromatic carbocycles. The number of thiophene rings is 1. The van der Waals surface area contributed by atoms with Crippen LogP contribution in [0.15, 0.2) is 36.4 Å². The molecule has 0 spiro atoms. The molecule has 0 fully saturated rings. The zero-order valence-corrected chi connectivity index (χ0v) is 12.7. The summed E-state index contributed by atoms with van der Waals surface area (Å²) >= 11 is 7.65. The lowest BCUT2D eigenvalue weighted by molar-refractivity contribution is 0.175. The molecular formula is C15H17ClN2OS. The van der Waals surface area contributed by atoms with E-state index in [9.17, 15) is 0 Å². The summed E-state index contributed by atoms with van der Waals surface area (Å²) in [6, 6.07) is 12.4. The highest BCUT2D eigenvalue weighted by molar-refractivity contribution is 7.16. The molecule has 1 unspecified atom stereocenters. The smallest absolute Gasteiger partial charge is 0.123 e. The van der Waals surface area contributed by atoms with E-state index in [1.165, 1.54) is 10.4 Å². The predicted octanol–water partition coefficient (Wildman–Crippen LogP) is 3.30. The molecule has 0 bridgehead atoms. The van der Waals surface area contributed by atoms with Crippen molar-refractivity contribution >= 4 is 22.9 Å². The van der Waals surface area contributed by atoms with Crippen molar-refractivity contribution < 1.29 is 4.74 Å². The first-order chi connectivity index (χ1) is 9.78. The molecule has 2 N–H and O–H groups in total. The fourth-order valence-corrected chi connectivity index (χ4v) is 3.77.